The Hall–Kier alpha value is -1.84. The van der Waals surface area contributed by atoms with Gasteiger partial charge in [-0.2, -0.15) is 0 Å². The maximum atomic E-state index is 11.1. The first-order valence-electron chi connectivity index (χ1n) is 13.3. The van der Waals surface area contributed by atoms with Gasteiger partial charge in [0.05, 0.1) is 13.2 Å². The normalized spacial score (nSPS) is 27.6. The van der Waals surface area contributed by atoms with Crippen molar-refractivity contribution >= 4 is 18.7 Å². The molecule has 0 radical (unpaired) electrons. The van der Waals surface area contributed by atoms with Crippen molar-refractivity contribution in [1.82, 2.24) is 0 Å². The van der Waals surface area contributed by atoms with Gasteiger partial charge in [-0.05, 0) is 42.1 Å². The van der Waals surface area contributed by atoms with E-state index in [0.717, 1.165) is 12.8 Å². The molecule has 2 aromatic carbocycles. The van der Waals surface area contributed by atoms with E-state index in [0.29, 0.717) is 6.61 Å². The number of unbranched alkanes of at least 4 members (excludes halogenated alkanes) is 1. The highest BCUT2D eigenvalue weighted by Gasteiger charge is 2.57. The van der Waals surface area contributed by atoms with Gasteiger partial charge in [0.1, 0.15) is 24.4 Å². The zero-order valence-electron chi connectivity index (χ0n) is 22.8. The van der Waals surface area contributed by atoms with Crippen molar-refractivity contribution in [2.45, 2.75) is 89.0 Å². The largest absolute Gasteiger partial charge is 0.405 e. The zero-order valence-corrected chi connectivity index (χ0v) is 23.8. The highest BCUT2D eigenvalue weighted by atomic mass is 28.4. The second kappa shape index (κ2) is 11.5. The summed E-state index contributed by atoms with van der Waals surface area (Å²) >= 11 is 0. The molecule has 37 heavy (non-hydrogen) atoms. The highest BCUT2D eigenvalue weighted by molar-refractivity contribution is 6.99. The van der Waals surface area contributed by atoms with E-state index in [2.05, 4.69) is 75.9 Å². The molecule has 6 nitrogen and oxygen atoms in total. The van der Waals surface area contributed by atoms with Crippen molar-refractivity contribution in [1.29, 1.82) is 0 Å². The molecule has 0 spiro atoms. The van der Waals surface area contributed by atoms with Gasteiger partial charge in [-0.15, -0.1) is 6.58 Å². The minimum absolute atomic E-state index is 0.170. The molecular weight excluding hydrogens is 484 g/mol. The summed E-state index contributed by atoms with van der Waals surface area (Å²) in [5.74, 6) is -0.840. The van der Waals surface area contributed by atoms with Gasteiger partial charge in [-0.3, -0.25) is 0 Å². The van der Waals surface area contributed by atoms with Crippen LogP contribution in [0, 0.1) is 0 Å². The summed E-state index contributed by atoms with van der Waals surface area (Å²) in [5, 5.41) is 13.3. The van der Waals surface area contributed by atoms with Crippen LogP contribution in [0.1, 0.15) is 47.5 Å². The predicted octanol–water partition coefficient (Wildman–Crippen LogP) is 4.15. The molecule has 0 aliphatic carbocycles. The van der Waals surface area contributed by atoms with Crippen LogP contribution in [0.25, 0.3) is 0 Å². The van der Waals surface area contributed by atoms with Crippen LogP contribution in [0.4, 0.5) is 0 Å². The van der Waals surface area contributed by atoms with E-state index in [1.165, 1.54) is 10.4 Å². The third kappa shape index (κ3) is 5.93. The Labute approximate surface area is 222 Å². The van der Waals surface area contributed by atoms with Gasteiger partial charge >= 0.3 is 0 Å². The zero-order chi connectivity index (χ0) is 26.7. The second-order valence-electron chi connectivity index (χ2n) is 11.4. The highest BCUT2D eigenvalue weighted by Crippen LogP contribution is 2.40. The average molecular weight is 527 g/mol. The standard InChI is InChI=1S/C30H42O6Si/c1-7-8-15-20-32-28-25(31)27-26(35-30(5,6)36-27)24(34-28)21-33-37(29(2,3)4,22-16-11-9-12-17-22)23-18-13-10-14-19-23/h7,9-14,16-19,24-28,31H,1,8,15,20-21H2,2-6H3/t24-,25-,26+,27-,28-/m1/s1. The van der Waals surface area contributed by atoms with E-state index in [1.807, 2.05) is 32.1 Å². The Kier molecular flexibility index (Phi) is 8.75. The van der Waals surface area contributed by atoms with Gasteiger partial charge in [0, 0.05) is 0 Å². The lowest BCUT2D eigenvalue weighted by Crippen LogP contribution is -2.68. The molecule has 0 saturated carbocycles. The van der Waals surface area contributed by atoms with Gasteiger partial charge in [0.25, 0.3) is 8.32 Å². The molecule has 2 heterocycles. The van der Waals surface area contributed by atoms with Gasteiger partial charge in [-0.25, -0.2) is 0 Å². The molecule has 2 saturated heterocycles. The minimum Gasteiger partial charge on any atom is -0.405 e. The molecule has 2 aliphatic heterocycles. The van der Waals surface area contributed by atoms with Gasteiger partial charge in [0.15, 0.2) is 12.1 Å². The topological polar surface area (TPSA) is 66.4 Å². The number of aliphatic hydroxyl groups is 1. The number of ether oxygens (including phenoxy) is 4. The van der Waals surface area contributed by atoms with Crippen LogP contribution >= 0.6 is 0 Å². The molecule has 1 N–H and O–H groups in total. The van der Waals surface area contributed by atoms with E-state index in [4.69, 9.17) is 23.4 Å². The lowest BCUT2D eigenvalue weighted by Gasteiger charge is -2.45. The SMILES string of the molecule is C=CCCCO[C@@H]1O[C@H](CO[Si](c2ccccc2)(c2ccccc2)C(C)(C)C)[C@@H]2OC(C)(C)O[C@@H]2[C@H]1O. The van der Waals surface area contributed by atoms with Crippen molar-refractivity contribution in [3.63, 3.8) is 0 Å². The maximum Gasteiger partial charge on any atom is 0.261 e. The first-order chi connectivity index (χ1) is 17.6. The van der Waals surface area contributed by atoms with E-state index >= 15 is 0 Å². The summed E-state index contributed by atoms with van der Waals surface area (Å²) in [7, 11) is -2.78. The number of aliphatic hydroxyl groups excluding tert-OH is 1. The predicted molar refractivity (Wildman–Crippen MR) is 147 cm³/mol. The van der Waals surface area contributed by atoms with Gasteiger partial charge in [0.2, 0.25) is 0 Å². The molecule has 0 unspecified atom stereocenters. The monoisotopic (exact) mass is 526 g/mol. The summed E-state index contributed by atoms with van der Waals surface area (Å²) < 4.78 is 31.8. The van der Waals surface area contributed by atoms with Crippen LogP contribution < -0.4 is 10.4 Å². The summed E-state index contributed by atoms with van der Waals surface area (Å²) in [6.45, 7) is 15.0. The molecule has 202 valence electrons. The fourth-order valence-electron chi connectivity index (χ4n) is 5.52. The summed E-state index contributed by atoms with van der Waals surface area (Å²) in [6, 6.07) is 21.0. The molecule has 7 heteroatoms. The lowest BCUT2D eigenvalue weighted by molar-refractivity contribution is -0.281. The molecule has 0 aromatic heterocycles. The lowest BCUT2D eigenvalue weighted by atomic mass is 9.99. The fraction of sp³-hybridized carbons (Fsp3) is 0.533. The second-order valence-corrected chi connectivity index (χ2v) is 15.7. The average Bonchev–Trinajstić information content (AvgIpc) is 3.20. The van der Waals surface area contributed by atoms with E-state index in [9.17, 15) is 5.11 Å². The molecule has 2 fully saturated rings. The molecule has 5 atom stereocenters. The quantitative estimate of drug-likeness (QED) is 0.285. The van der Waals surface area contributed by atoms with Crippen LogP contribution in [-0.4, -0.2) is 63.1 Å². The third-order valence-corrected chi connectivity index (χ3v) is 12.2. The fourth-order valence-corrected chi connectivity index (χ4v) is 10.1. The van der Waals surface area contributed by atoms with Crippen LogP contribution in [-0.2, 0) is 23.4 Å². The Balaban J connectivity index is 1.65. The first-order valence-corrected chi connectivity index (χ1v) is 15.2. The van der Waals surface area contributed by atoms with Crippen LogP contribution in [0.2, 0.25) is 5.04 Å². The molecule has 0 bridgehead atoms. The van der Waals surface area contributed by atoms with Crippen LogP contribution in [0.5, 0.6) is 0 Å². The number of benzene rings is 2. The Morgan fingerprint density at radius 2 is 1.54 bits per heavy atom. The molecule has 4 rings (SSSR count). The van der Waals surface area contributed by atoms with Gasteiger partial charge in [-0.1, -0.05) is 87.5 Å². The van der Waals surface area contributed by atoms with E-state index < -0.39 is 44.8 Å². The summed E-state index contributed by atoms with van der Waals surface area (Å²) in [6.07, 6.45) is 0.196. The number of hydrogen-bond acceptors (Lipinski definition) is 6. The van der Waals surface area contributed by atoms with Crippen molar-refractivity contribution in [2.75, 3.05) is 13.2 Å². The van der Waals surface area contributed by atoms with Crippen LogP contribution in [0.3, 0.4) is 0 Å². The maximum absolute atomic E-state index is 11.1. The van der Waals surface area contributed by atoms with E-state index in [-0.39, 0.29) is 11.6 Å². The number of hydrogen-bond donors (Lipinski definition) is 1. The Bertz CT molecular complexity index is 966. The summed E-state index contributed by atoms with van der Waals surface area (Å²) in [5.41, 5.74) is 0. The number of allylic oxidation sites excluding steroid dienone is 1. The van der Waals surface area contributed by atoms with Crippen LogP contribution in [0.15, 0.2) is 73.3 Å². The molecule has 2 aliphatic rings. The molecule has 2 aromatic rings. The van der Waals surface area contributed by atoms with Crippen molar-refractivity contribution in [3.05, 3.63) is 73.3 Å². The first kappa shape index (κ1) is 28.2. The van der Waals surface area contributed by atoms with E-state index in [1.54, 1.807) is 0 Å². The molecule has 0 amide bonds. The van der Waals surface area contributed by atoms with Crippen molar-refractivity contribution in [3.8, 4) is 0 Å². The Morgan fingerprint density at radius 3 is 2.08 bits per heavy atom. The third-order valence-electron chi connectivity index (χ3n) is 7.17. The van der Waals surface area contributed by atoms with Crippen molar-refractivity contribution in [2.24, 2.45) is 0 Å². The van der Waals surface area contributed by atoms with Gasteiger partial charge < -0.3 is 28.5 Å². The number of rotatable bonds is 10. The van der Waals surface area contributed by atoms with Crippen molar-refractivity contribution < 1.29 is 28.5 Å². The minimum atomic E-state index is -2.78. The smallest absolute Gasteiger partial charge is 0.261 e. The molecular formula is C30H42O6Si. The number of fused-ring (bicyclic) bond motifs is 1. The summed E-state index contributed by atoms with van der Waals surface area (Å²) in [4.78, 5) is 0. The Morgan fingerprint density at radius 1 is 0.973 bits per heavy atom.